The third-order valence-corrected chi connectivity index (χ3v) is 6.02. The van der Waals surface area contributed by atoms with Crippen LogP contribution in [0.1, 0.15) is 27.6 Å². The zero-order valence-electron chi connectivity index (χ0n) is 20.4. The highest BCUT2D eigenvalue weighted by Crippen LogP contribution is 2.30. The molecule has 190 valence electrons. The second-order valence-corrected chi connectivity index (χ2v) is 8.78. The van der Waals surface area contributed by atoms with Crippen molar-refractivity contribution in [2.24, 2.45) is 4.99 Å². The average Bonchev–Trinajstić information content (AvgIpc) is 3.33. The molecular formula is C31H25NO6. The zero-order chi connectivity index (χ0) is 26.4. The molecule has 1 aliphatic heterocycles. The molecule has 2 atom stereocenters. The van der Waals surface area contributed by atoms with Gasteiger partial charge in [-0.05, 0) is 41.5 Å². The molecule has 7 heteroatoms. The summed E-state index contributed by atoms with van der Waals surface area (Å²) in [5.74, 6) is -1.28. The predicted molar refractivity (Wildman–Crippen MR) is 140 cm³/mol. The van der Waals surface area contributed by atoms with Crippen LogP contribution in [0.3, 0.4) is 0 Å². The number of fused-ring (bicyclic) bond motifs is 1. The van der Waals surface area contributed by atoms with E-state index in [1.54, 1.807) is 24.3 Å². The van der Waals surface area contributed by atoms with Crippen LogP contribution in [-0.2, 0) is 20.9 Å². The van der Waals surface area contributed by atoms with Gasteiger partial charge >= 0.3 is 11.9 Å². The lowest BCUT2D eigenvalue weighted by molar-refractivity contribution is -0.169. The summed E-state index contributed by atoms with van der Waals surface area (Å²) in [6.07, 6.45) is 0.715. The van der Waals surface area contributed by atoms with E-state index in [4.69, 9.17) is 19.2 Å². The molecular weight excluding hydrogens is 482 g/mol. The van der Waals surface area contributed by atoms with Crippen LogP contribution in [0, 0.1) is 0 Å². The lowest BCUT2D eigenvalue weighted by Crippen LogP contribution is -2.38. The molecule has 0 saturated heterocycles. The Morgan fingerprint density at radius 3 is 2.29 bits per heavy atom. The standard InChI is InChI=1S/C31H25NO6/c33-29(34)24-15-9-16-26(18-24)37-21-31(19-25-14-7-8-17-27(25)32-31)38-28(23-12-5-2-6-13-23)30(35)36-20-22-10-3-1-4-11-22/h1-19,28H,20-21H2,(H,33,34). The Morgan fingerprint density at radius 2 is 1.55 bits per heavy atom. The minimum absolute atomic E-state index is 0.0962. The van der Waals surface area contributed by atoms with E-state index in [0.717, 1.165) is 10.8 Å². The summed E-state index contributed by atoms with van der Waals surface area (Å²) in [7, 11) is 0. The van der Waals surface area contributed by atoms with E-state index in [1.807, 2.05) is 78.9 Å². The Labute approximate surface area is 219 Å². The van der Waals surface area contributed by atoms with Gasteiger partial charge in [-0.25, -0.2) is 14.6 Å². The molecule has 0 bridgehead atoms. The number of rotatable bonds is 10. The van der Waals surface area contributed by atoms with Crippen molar-refractivity contribution in [2.75, 3.05) is 6.61 Å². The molecule has 0 saturated carbocycles. The number of aromatic carboxylic acids is 1. The Morgan fingerprint density at radius 1 is 0.842 bits per heavy atom. The number of carboxylic acid groups (broad SMARTS) is 1. The molecule has 0 amide bonds. The van der Waals surface area contributed by atoms with Crippen molar-refractivity contribution in [1.82, 2.24) is 0 Å². The van der Waals surface area contributed by atoms with Gasteiger partial charge in [0.05, 0.1) is 10.9 Å². The normalized spacial score (nSPS) is 16.4. The van der Waals surface area contributed by atoms with E-state index in [2.05, 4.69) is 0 Å². The largest absolute Gasteiger partial charge is 0.488 e. The number of nitrogens with zero attached hydrogens (tertiary/aromatic N) is 1. The first kappa shape index (κ1) is 24.9. The summed E-state index contributed by atoms with van der Waals surface area (Å²) >= 11 is 0. The van der Waals surface area contributed by atoms with Gasteiger partial charge in [0.1, 0.15) is 19.0 Å². The maximum Gasteiger partial charge on any atom is 0.340 e. The first-order valence-electron chi connectivity index (χ1n) is 12.1. The molecule has 0 aromatic heterocycles. The number of ether oxygens (including phenoxy) is 3. The van der Waals surface area contributed by atoms with E-state index in [9.17, 15) is 14.7 Å². The van der Waals surface area contributed by atoms with E-state index in [-0.39, 0.29) is 18.8 Å². The first-order valence-corrected chi connectivity index (χ1v) is 12.1. The van der Waals surface area contributed by atoms with Crippen LogP contribution in [0.2, 0.25) is 0 Å². The van der Waals surface area contributed by atoms with E-state index in [0.29, 0.717) is 16.7 Å². The van der Waals surface area contributed by atoms with Crippen LogP contribution in [0.5, 0.6) is 5.75 Å². The summed E-state index contributed by atoms with van der Waals surface area (Å²) in [6, 6.07) is 32.2. The van der Waals surface area contributed by atoms with Crippen molar-refractivity contribution in [3.05, 3.63) is 136 Å². The molecule has 1 aliphatic rings. The quantitative estimate of drug-likeness (QED) is 0.325. The maximum atomic E-state index is 13.4. The van der Waals surface area contributed by atoms with E-state index < -0.39 is 23.8 Å². The number of para-hydroxylation sites is 1. The third-order valence-electron chi connectivity index (χ3n) is 6.02. The highest BCUT2D eigenvalue weighted by Gasteiger charge is 2.39. The lowest BCUT2D eigenvalue weighted by atomic mass is 10.1. The van der Waals surface area contributed by atoms with Crippen molar-refractivity contribution < 1.29 is 28.9 Å². The number of esters is 1. The summed E-state index contributed by atoms with van der Waals surface area (Å²) in [5.41, 5.74) is 0.195. The second-order valence-electron chi connectivity index (χ2n) is 8.78. The molecule has 4 aromatic rings. The van der Waals surface area contributed by atoms with Crippen LogP contribution >= 0.6 is 0 Å². The fraction of sp³-hybridized carbons (Fsp3) is 0.129. The Hall–Kier alpha value is -4.75. The fourth-order valence-corrected chi connectivity index (χ4v) is 4.15. The monoisotopic (exact) mass is 507 g/mol. The second kappa shape index (κ2) is 11.1. The number of hydrogen-bond donors (Lipinski definition) is 1. The van der Waals surface area contributed by atoms with Crippen molar-refractivity contribution in [3.63, 3.8) is 0 Å². The molecule has 2 unspecified atom stereocenters. The summed E-state index contributed by atoms with van der Waals surface area (Å²) in [4.78, 5) is 29.6. The molecule has 0 radical (unpaired) electrons. The molecule has 7 nitrogen and oxygen atoms in total. The zero-order valence-corrected chi connectivity index (χ0v) is 20.4. The average molecular weight is 508 g/mol. The lowest BCUT2D eigenvalue weighted by Gasteiger charge is -2.29. The van der Waals surface area contributed by atoms with Gasteiger partial charge in [-0.15, -0.1) is 0 Å². The van der Waals surface area contributed by atoms with Gasteiger partial charge in [-0.3, -0.25) is 0 Å². The van der Waals surface area contributed by atoms with Crippen molar-refractivity contribution in [2.45, 2.75) is 18.4 Å². The van der Waals surface area contributed by atoms with Crippen LogP contribution in [0.4, 0.5) is 0 Å². The Bertz CT molecular complexity index is 1520. The van der Waals surface area contributed by atoms with Crippen LogP contribution in [-0.4, -0.2) is 29.4 Å². The maximum absolute atomic E-state index is 13.4. The number of carbonyl (C=O) groups excluding carboxylic acids is 1. The molecule has 0 aliphatic carbocycles. The molecule has 5 rings (SSSR count). The van der Waals surface area contributed by atoms with Crippen LogP contribution in [0.15, 0.2) is 114 Å². The van der Waals surface area contributed by atoms with Gasteiger partial charge in [-0.1, -0.05) is 84.9 Å². The molecule has 0 fully saturated rings. The first-order chi connectivity index (χ1) is 18.5. The number of hydrogen-bond acceptors (Lipinski definition) is 6. The topological polar surface area (TPSA) is 94.4 Å². The van der Waals surface area contributed by atoms with Crippen LogP contribution < -0.4 is 15.3 Å². The smallest absolute Gasteiger partial charge is 0.340 e. The van der Waals surface area contributed by atoms with Crippen molar-refractivity contribution in [3.8, 4) is 5.75 Å². The molecule has 1 heterocycles. The highest BCUT2D eigenvalue weighted by atomic mass is 16.6. The van der Waals surface area contributed by atoms with Gasteiger partial charge in [-0.2, -0.15) is 0 Å². The van der Waals surface area contributed by atoms with Crippen molar-refractivity contribution in [1.29, 1.82) is 0 Å². The van der Waals surface area contributed by atoms with Gasteiger partial charge in [0.25, 0.3) is 0 Å². The third kappa shape index (κ3) is 5.79. The van der Waals surface area contributed by atoms with E-state index >= 15 is 0 Å². The van der Waals surface area contributed by atoms with Crippen molar-refractivity contribution >= 4 is 18.0 Å². The molecule has 38 heavy (non-hydrogen) atoms. The molecule has 0 spiro atoms. The minimum atomic E-state index is -1.37. The predicted octanol–water partition coefficient (Wildman–Crippen LogP) is 4.08. The summed E-state index contributed by atoms with van der Waals surface area (Å²) in [6.45, 7) is -0.00101. The number of benzene rings is 4. The molecule has 4 aromatic carbocycles. The number of carboxylic acids is 1. The SMILES string of the molecule is O=C(O)c1cccc(OCC2(OC(C(=O)OCc3ccccc3)c3ccccc3)C=c3ccccc3=N2)c1. The Kier molecular flexibility index (Phi) is 7.28. The van der Waals surface area contributed by atoms with Crippen LogP contribution in [0.25, 0.3) is 6.08 Å². The molecule has 1 N–H and O–H groups in total. The number of carbonyl (C=O) groups is 2. The Balaban J connectivity index is 1.45. The van der Waals surface area contributed by atoms with E-state index in [1.165, 1.54) is 12.1 Å². The van der Waals surface area contributed by atoms with Gasteiger partial charge in [0.15, 0.2) is 6.10 Å². The van der Waals surface area contributed by atoms with Gasteiger partial charge in [0, 0.05) is 5.22 Å². The van der Waals surface area contributed by atoms with Gasteiger partial charge < -0.3 is 19.3 Å². The highest BCUT2D eigenvalue weighted by molar-refractivity contribution is 5.88. The summed E-state index contributed by atoms with van der Waals surface area (Å²) < 4.78 is 18.1. The van der Waals surface area contributed by atoms with Gasteiger partial charge in [0.2, 0.25) is 5.72 Å². The fourth-order valence-electron chi connectivity index (χ4n) is 4.15. The minimum Gasteiger partial charge on any atom is -0.488 e. The summed E-state index contributed by atoms with van der Waals surface area (Å²) in [5, 5.41) is 10.9.